The molecular formula is C17H30N2. The quantitative estimate of drug-likeness (QED) is 0.817. The molecule has 0 radical (unpaired) electrons. The largest absolute Gasteiger partial charge is 0.372 e. The number of aryl methyl sites for hydroxylation is 1. The summed E-state index contributed by atoms with van der Waals surface area (Å²) in [6.45, 7) is 9.80. The first-order valence-corrected chi connectivity index (χ1v) is 7.61. The number of nitrogens with zero attached hydrogens (tertiary/aromatic N) is 2. The molecule has 0 aliphatic carbocycles. The van der Waals surface area contributed by atoms with Gasteiger partial charge < -0.3 is 9.80 Å². The van der Waals surface area contributed by atoms with Crippen LogP contribution in [0.25, 0.3) is 0 Å². The Hall–Kier alpha value is -1.02. The maximum absolute atomic E-state index is 2.52. The standard InChI is InChI=1S/C15H24N2.C2H6/c1-13-4-6-15(7-5-13)17-10-8-14(9-11-17)12-16(2)3;1-2/h4-7,14H,8-12H2,1-3H3;1-2H3. The van der Waals surface area contributed by atoms with Gasteiger partial charge in [-0.05, 0) is 51.9 Å². The average molecular weight is 262 g/mol. The van der Waals surface area contributed by atoms with Gasteiger partial charge >= 0.3 is 0 Å². The molecule has 0 aromatic heterocycles. The van der Waals surface area contributed by atoms with E-state index in [0.717, 1.165) is 5.92 Å². The summed E-state index contributed by atoms with van der Waals surface area (Å²) in [5, 5.41) is 0. The Bertz CT molecular complexity index is 335. The van der Waals surface area contributed by atoms with E-state index < -0.39 is 0 Å². The zero-order valence-electron chi connectivity index (χ0n) is 13.3. The first kappa shape index (κ1) is 16.0. The molecule has 0 atom stereocenters. The Balaban J connectivity index is 0.000000861. The van der Waals surface area contributed by atoms with Gasteiger partial charge in [0.05, 0.1) is 0 Å². The summed E-state index contributed by atoms with van der Waals surface area (Å²) >= 11 is 0. The van der Waals surface area contributed by atoms with Gasteiger partial charge in [0.2, 0.25) is 0 Å². The lowest BCUT2D eigenvalue weighted by molar-refractivity contribution is 0.285. The molecule has 1 fully saturated rings. The number of hydrogen-bond acceptors (Lipinski definition) is 2. The van der Waals surface area contributed by atoms with E-state index in [1.165, 1.54) is 43.7 Å². The molecule has 0 amide bonds. The van der Waals surface area contributed by atoms with Crippen LogP contribution in [0.3, 0.4) is 0 Å². The fraction of sp³-hybridized carbons (Fsp3) is 0.647. The molecule has 0 saturated carbocycles. The SMILES string of the molecule is CC.Cc1ccc(N2CCC(CN(C)C)CC2)cc1. The van der Waals surface area contributed by atoms with Crippen molar-refractivity contribution in [3.05, 3.63) is 29.8 Å². The summed E-state index contributed by atoms with van der Waals surface area (Å²) in [4.78, 5) is 4.83. The summed E-state index contributed by atoms with van der Waals surface area (Å²) in [7, 11) is 4.35. The van der Waals surface area contributed by atoms with Gasteiger partial charge in [-0.1, -0.05) is 31.5 Å². The third-order valence-electron chi connectivity index (χ3n) is 3.64. The molecule has 2 rings (SSSR count). The zero-order chi connectivity index (χ0) is 14.3. The van der Waals surface area contributed by atoms with Gasteiger partial charge in [0, 0.05) is 25.3 Å². The fourth-order valence-corrected chi connectivity index (χ4v) is 2.65. The van der Waals surface area contributed by atoms with Crippen LogP contribution in [0.2, 0.25) is 0 Å². The number of benzene rings is 1. The van der Waals surface area contributed by atoms with Crippen LogP contribution in [-0.2, 0) is 0 Å². The first-order valence-electron chi connectivity index (χ1n) is 7.61. The Morgan fingerprint density at radius 1 is 1.05 bits per heavy atom. The van der Waals surface area contributed by atoms with Crippen LogP contribution in [0.15, 0.2) is 24.3 Å². The van der Waals surface area contributed by atoms with Crippen molar-refractivity contribution in [3.63, 3.8) is 0 Å². The minimum absolute atomic E-state index is 0.881. The average Bonchev–Trinajstić information content (AvgIpc) is 2.42. The predicted octanol–water partition coefficient (Wildman–Crippen LogP) is 3.80. The maximum Gasteiger partial charge on any atom is 0.0366 e. The lowest BCUT2D eigenvalue weighted by Crippen LogP contribution is -2.37. The van der Waals surface area contributed by atoms with Gasteiger partial charge in [-0.3, -0.25) is 0 Å². The monoisotopic (exact) mass is 262 g/mol. The second-order valence-corrected chi connectivity index (χ2v) is 5.53. The third-order valence-corrected chi connectivity index (χ3v) is 3.64. The van der Waals surface area contributed by atoms with E-state index in [4.69, 9.17) is 0 Å². The van der Waals surface area contributed by atoms with Crippen LogP contribution in [0, 0.1) is 12.8 Å². The molecule has 1 aliphatic heterocycles. The second kappa shape index (κ2) is 8.21. The molecule has 0 unspecified atom stereocenters. The molecule has 1 aromatic carbocycles. The summed E-state index contributed by atoms with van der Waals surface area (Å²) in [5.41, 5.74) is 2.73. The van der Waals surface area contributed by atoms with Crippen molar-refractivity contribution in [3.8, 4) is 0 Å². The van der Waals surface area contributed by atoms with E-state index in [-0.39, 0.29) is 0 Å². The van der Waals surface area contributed by atoms with Crippen LogP contribution in [0.1, 0.15) is 32.3 Å². The molecule has 1 saturated heterocycles. The van der Waals surface area contributed by atoms with Gasteiger partial charge in [0.25, 0.3) is 0 Å². The minimum atomic E-state index is 0.881. The van der Waals surface area contributed by atoms with Gasteiger partial charge in [-0.25, -0.2) is 0 Å². The molecule has 108 valence electrons. The van der Waals surface area contributed by atoms with Crippen molar-refractivity contribution in [2.45, 2.75) is 33.6 Å². The Kier molecular flexibility index (Phi) is 6.93. The minimum Gasteiger partial charge on any atom is -0.372 e. The molecule has 1 heterocycles. The number of anilines is 1. The lowest BCUT2D eigenvalue weighted by atomic mass is 9.96. The maximum atomic E-state index is 2.52. The summed E-state index contributed by atoms with van der Waals surface area (Å²) in [6, 6.07) is 8.92. The Labute approximate surface area is 119 Å². The van der Waals surface area contributed by atoms with Crippen LogP contribution < -0.4 is 4.90 Å². The Morgan fingerprint density at radius 3 is 2.05 bits per heavy atom. The van der Waals surface area contributed by atoms with E-state index in [1.54, 1.807) is 0 Å². The highest BCUT2D eigenvalue weighted by atomic mass is 15.1. The van der Waals surface area contributed by atoms with E-state index >= 15 is 0 Å². The molecule has 0 N–H and O–H groups in total. The van der Waals surface area contributed by atoms with Gasteiger partial charge in [0.1, 0.15) is 0 Å². The molecular weight excluding hydrogens is 232 g/mol. The first-order chi connectivity index (χ1) is 9.15. The van der Waals surface area contributed by atoms with E-state index in [1.807, 2.05) is 13.8 Å². The fourth-order valence-electron chi connectivity index (χ4n) is 2.65. The summed E-state index contributed by atoms with van der Waals surface area (Å²) in [5.74, 6) is 0.881. The normalized spacial score (nSPS) is 16.2. The van der Waals surface area contributed by atoms with Crippen molar-refractivity contribution in [1.29, 1.82) is 0 Å². The second-order valence-electron chi connectivity index (χ2n) is 5.53. The predicted molar refractivity (Wildman–Crippen MR) is 86.0 cm³/mol. The lowest BCUT2D eigenvalue weighted by Gasteiger charge is -2.34. The topological polar surface area (TPSA) is 6.48 Å². The molecule has 1 aromatic rings. The van der Waals surface area contributed by atoms with Crippen LogP contribution >= 0.6 is 0 Å². The van der Waals surface area contributed by atoms with E-state index in [0.29, 0.717) is 0 Å². The smallest absolute Gasteiger partial charge is 0.0366 e. The van der Waals surface area contributed by atoms with Crippen molar-refractivity contribution in [1.82, 2.24) is 4.90 Å². The molecule has 2 nitrogen and oxygen atoms in total. The van der Waals surface area contributed by atoms with Gasteiger partial charge in [0.15, 0.2) is 0 Å². The van der Waals surface area contributed by atoms with Crippen LogP contribution in [-0.4, -0.2) is 38.6 Å². The Morgan fingerprint density at radius 2 is 1.58 bits per heavy atom. The molecule has 0 spiro atoms. The number of rotatable bonds is 3. The molecule has 1 aliphatic rings. The third kappa shape index (κ3) is 5.23. The van der Waals surface area contributed by atoms with Gasteiger partial charge in [-0.2, -0.15) is 0 Å². The van der Waals surface area contributed by atoms with Crippen LogP contribution in [0.4, 0.5) is 5.69 Å². The van der Waals surface area contributed by atoms with Crippen molar-refractivity contribution in [2.75, 3.05) is 38.6 Å². The van der Waals surface area contributed by atoms with Gasteiger partial charge in [-0.15, -0.1) is 0 Å². The zero-order valence-corrected chi connectivity index (χ0v) is 13.3. The van der Waals surface area contributed by atoms with Crippen molar-refractivity contribution in [2.24, 2.45) is 5.92 Å². The van der Waals surface area contributed by atoms with E-state index in [2.05, 4.69) is 55.1 Å². The summed E-state index contributed by atoms with van der Waals surface area (Å²) < 4.78 is 0. The molecule has 2 heteroatoms. The number of piperidine rings is 1. The van der Waals surface area contributed by atoms with Crippen LogP contribution in [0.5, 0.6) is 0 Å². The highest BCUT2D eigenvalue weighted by Crippen LogP contribution is 2.23. The highest BCUT2D eigenvalue weighted by molar-refractivity contribution is 5.47. The van der Waals surface area contributed by atoms with Crippen molar-refractivity contribution < 1.29 is 0 Å². The molecule has 0 bridgehead atoms. The summed E-state index contributed by atoms with van der Waals surface area (Å²) in [6.07, 6.45) is 2.65. The molecule has 19 heavy (non-hydrogen) atoms. The van der Waals surface area contributed by atoms with Crippen molar-refractivity contribution >= 4 is 5.69 Å². The highest BCUT2D eigenvalue weighted by Gasteiger charge is 2.19. The number of hydrogen-bond donors (Lipinski definition) is 0. The van der Waals surface area contributed by atoms with E-state index in [9.17, 15) is 0 Å².